The average Bonchev–Trinajstić information content (AvgIpc) is 3.00. The van der Waals surface area contributed by atoms with Crippen LogP contribution < -0.4 is 4.90 Å². The van der Waals surface area contributed by atoms with E-state index in [1.54, 1.807) is 36.2 Å². The van der Waals surface area contributed by atoms with Crippen molar-refractivity contribution in [2.75, 3.05) is 11.9 Å². The first-order valence-electron chi connectivity index (χ1n) is 7.53. The third-order valence-corrected chi connectivity index (χ3v) is 4.20. The van der Waals surface area contributed by atoms with Gasteiger partial charge in [-0.05, 0) is 24.3 Å². The number of para-hydroxylation sites is 3. The second-order valence-corrected chi connectivity index (χ2v) is 5.56. The van der Waals surface area contributed by atoms with Crippen LogP contribution in [0.2, 0.25) is 0 Å². The molecule has 0 spiro atoms. The van der Waals surface area contributed by atoms with Crippen molar-refractivity contribution in [1.82, 2.24) is 0 Å². The minimum atomic E-state index is -0.300. The number of nitrogens with zero attached hydrogens (tertiary/aromatic N) is 2. The van der Waals surface area contributed by atoms with Gasteiger partial charge in [0.2, 0.25) is 0 Å². The van der Waals surface area contributed by atoms with E-state index in [2.05, 4.69) is 6.07 Å². The van der Waals surface area contributed by atoms with E-state index in [9.17, 15) is 9.65 Å². The fraction of sp³-hybridized carbons (Fsp3) is 0.0500. The Bertz CT molecular complexity index is 1110. The van der Waals surface area contributed by atoms with Crippen LogP contribution in [0.25, 0.3) is 21.9 Å². The maximum atomic E-state index is 14.1. The summed E-state index contributed by atoms with van der Waals surface area (Å²) < 4.78 is 20.1. The first-order chi connectivity index (χ1) is 11.7. The molecule has 24 heavy (non-hydrogen) atoms. The highest BCUT2D eigenvalue weighted by Crippen LogP contribution is 2.38. The molecule has 0 bridgehead atoms. The molecule has 0 saturated heterocycles. The summed E-state index contributed by atoms with van der Waals surface area (Å²) in [7, 11) is 1.80. The van der Waals surface area contributed by atoms with Crippen LogP contribution in [0.3, 0.4) is 0 Å². The van der Waals surface area contributed by atoms with Crippen LogP contribution in [0.1, 0.15) is 5.56 Å². The van der Waals surface area contributed by atoms with Gasteiger partial charge in [-0.15, -0.1) is 0 Å². The van der Waals surface area contributed by atoms with Gasteiger partial charge in [-0.1, -0.05) is 36.4 Å². The van der Waals surface area contributed by atoms with E-state index in [0.29, 0.717) is 22.4 Å². The molecule has 1 aromatic heterocycles. The van der Waals surface area contributed by atoms with Crippen LogP contribution in [-0.4, -0.2) is 7.05 Å². The van der Waals surface area contributed by atoms with Gasteiger partial charge in [-0.25, -0.2) is 4.39 Å². The normalized spacial score (nSPS) is 10.9. The van der Waals surface area contributed by atoms with Gasteiger partial charge in [-0.3, -0.25) is 0 Å². The van der Waals surface area contributed by atoms with E-state index in [4.69, 9.17) is 4.42 Å². The second kappa shape index (κ2) is 5.39. The van der Waals surface area contributed by atoms with Crippen LogP contribution in [0, 0.1) is 17.1 Å². The minimum Gasteiger partial charge on any atom is -0.452 e. The molecule has 3 nitrogen and oxygen atoms in total. The molecule has 3 aromatic carbocycles. The van der Waals surface area contributed by atoms with Gasteiger partial charge in [0.15, 0.2) is 11.2 Å². The predicted octanol–water partition coefficient (Wildman–Crippen LogP) is 5.36. The van der Waals surface area contributed by atoms with E-state index in [0.717, 1.165) is 16.5 Å². The number of halogens is 1. The molecule has 0 atom stereocenters. The molecule has 0 aliphatic carbocycles. The van der Waals surface area contributed by atoms with Crippen LogP contribution in [-0.2, 0) is 0 Å². The summed E-state index contributed by atoms with van der Waals surface area (Å²) in [6.07, 6.45) is 0. The number of furan rings is 1. The number of rotatable bonds is 2. The first-order valence-corrected chi connectivity index (χ1v) is 7.53. The summed E-state index contributed by atoms with van der Waals surface area (Å²) in [6, 6.07) is 20.0. The zero-order valence-corrected chi connectivity index (χ0v) is 13.0. The zero-order valence-electron chi connectivity index (χ0n) is 13.0. The van der Waals surface area contributed by atoms with Gasteiger partial charge < -0.3 is 9.32 Å². The van der Waals surface area contributed by atoms with Crippen molar-refractivity contribution in [3.05, 3.63) is 72.0 Å². The van der Waals surface area contributed by atoms with E-state index < -0.39 is 0 Å². The Morgan fingerprint density at radius 3 is 2.29 bits per heavy atom. The van der Waals surface area contributed by atoms with Gasteiger partial charge in [-0.2, -0.15) is 5.26 Å². The number of nitriles is 1. The molecule has 0 aliphatic rings. The Morgan fingerprint density at radius 2 is 1.54 bits per heavy atom. The molecule has 4 rings (SSSR count). The Kier molecular flexibility index (Phi) is 3.21. The van der Waals surface area contributed by atoms with E-state index in [1.807, 2.05) is 30.3 Å². The molecule has 0 amide bonds. The van der Waals surface area contributed by atoms with Gasteiger partial charge in [0, 0.05) is 17.8 Å². The molecule has 4 aromatic rings. The Balaban J connectivity index is 2.00. The van der Waals surface area contributed by atoms with E-state index in [-0.39, 0.29) is 5.82 Å². The molecule has 0 radical (unpaired) electrons. The SMILES string of the molecule is CN(c1ccccc1F)c1cccc2c1oc1c(C#N)cccc12. The topological polar surface area (TPSA) is 40.2 Å². The third-order valence-electron chi connectivity index (χ3n) is 4.20. The van der Waals surface area contributed by atoms with Crippen molar-refractivity contribution in [2.45, 2.75) is 0 Å². The van der Waals surface area contributed by atoms with Crippen LogP contribution in [0.4, 0.5) is 15.8 Å². The first kappa shape index (κ1) is 14.3. The highest BCUT2D eigenvalue weighted by atomic mass is 19.1. The van der Waals surface area contributed by atoms with Crippen molar-refractivity contribution in [3.63, 3.8) is 0 Å². The minimum absolute atomic E-state index is 0.300. The maximum absolute atomic E-state index is 14.1. The highest BCUT2D eigenvalue weighted by molar-refractivity contribution is 6.10. The molecule has 1 heterocycles. The van der Waals surface area contributed by atoms with Crippen molar-refractivity contribution < 1.29 is 8.81 Å². The average molecular weight is 316 g/mol. The Morgan fingerprint density at radius 1 is 0.875 bits per heavy atom. The summed E-state index contributed by atoms with van der Waals surface area (Å²) in [4.78, 5) is 1.76. The summed E-state index contributed by atoms with van der Waals surface area (Å²) in [5.74, 6) is -0.300. The lowest BCUT2D eigenvalue weighted by molar-refractivity contribution is 0.627. The van der Waals surface area contributed by atoms with E-state index >= 15 is 0 Å². The molecule has 116 valence electrons. The molecule has 0 saturated carbocycles. The summed E-state index contributed by atoms with van der Waals surface area (Å²) in [5.41, 5.74) is 2.90. The van der Waals surface area contributed by atoms with Gasteiger partial charge in [0.05, 0.1) is 16.9 Å². The number of benzene rings is 3. The third kappa shape index (κ3) is 2.03. The molecule has 0 unspecified atom stereocenters. The van der Waals surface area contributed by atoms with Crippen molar-refractivity contribution >= 4 is 33.3 Å². The van der Waals surface area contributed by atoms with Crippen molar-refractivity contribution in [1.29, 1.82) is 5.26 Å². The monoisotopic (exact) mass is 316 g/mol. The second-order valence-electron chi connectivity index (χ2n) is 5.56. The summed E-state index contributed by atoms with van der Waals surface area (Å²) in [6.45, 7) is 0. The summed E-state index contributed by atoms with van der Waals surface area (Å²) in [5, 5.41) is 11.1. The molecule has 4 heteroatoms. The number of hydrogen-bond donors (Lipinski definition) is 0. The van der Waals surface area contributed by atoms with Gasteiger partial charge >= 0.3 is 0 Å². The Labute approximate surface area is 138 Å². The molecule has 0 aliphatic heterocycles. The van der Waals surface area contributed by atoms with Gasteiger partial charge in [0.25, 0.3) is 0 Å². The number of hydrogen-bond acceptors (Lipinski definition) is 3. The predicted molar refractivity (Wildman–Crippen MR) is 92.9 cm³/mol. The number of fused-ring (bicyclic) bond motifs is 3. The molecule has 0 fully saturated rings. The number of anilines is 2. The van der Waals surface area contributed by atoms with Crippen LogP contribution >= 0.6 is 0 Å². The summed E-state index contributed by atoms with van der Waals surface area (Å²) >= 11 is 0. The molecule has 0 N–H and O–H groups in total. The fourth-order valence-electron chi connectivity index (χ4n) is 3.01. The van der Waals surface area contributed by atoms with E-state index in [1.165, 1.54) is 6.07 Å². The Hall–Kier alpha value is -3.32. The van der Waals surface area contributed by atoms with Gasteiger partial charge in [0.1, 0.15) is 11.9 Å². The lowest BCUT2D eigenvalue weighted by Gasteiger charge is -2.20. The van der Waals surface area contributed by atoms with Crippen LogP contribution in [0.15, 0.2) is 65.1 Å². The zero-order chi connectivity index (χ0) is 16.7. The lowest BCUT2D eigenvalue weighted by atomic mass is 10.1. The largest absolute Gasteiger partial charge is 0.452 e. The maximum Gasteiger partial charge on any atom is 0.159 e. The molecular formula is C20H13FN2O. The van der Waals surface area contributed by atoms with Crippen LogP contribution in [0.5, 0.6) is 0 Å². The lowest BCUT2D eigenvalue weighted by Crippen LogP contribution is -2.11. The highest BCUT2D eigenvalue weighted by Gasteiger charge is 2.17. The smallest absolute Gasteiger partial charge is 0.159 e. The van der Waals surface area contributed by atoms with Crippen molar-refractivity contribution in [3.8, 4) is 6.07 Å². The quantitative estimate of drug-likeness (QED) is 0.499. The fourth-order valence-corrected chi connectivity index (χ4v) is 3.01. The van der Waals surface area contributed by atoms with Crippen molar-refractivity contribution in [2.24, 2.45) is 0 Å². The standard InChI is InChI=1S/C20H13FN2O/c1-23(17-10-3-2-9-16(17)21)18-11-5-8-15-14-7-4-6-13(12-22)19(14)24-20(15)18/h2-11H,1H3. The molecular weight excluding hydrogens is 303 g/mol.